The lowest BCUT2D eigenvalue weighted by molar-refractivity contribution is -0.114. The van der Waals surface area contributed by atoms with Gasteiger partial charge in [0.25, 0.3) is 0 Å². The molecule has 0 unspecified atom stereocenters. The summed E-state index contributed by atoms with van der Waals surface area (Å²) in [5.41, 5.74) is 0.976. The van der Waals surface area contributed by atoms with Crippen LogP contribution in [-0.4, -0.2) is 11.9 Å². The van der Waals surface area contributed by atoms with Crippen LogP contribution >= 0.6 is 27.5 Å². The molecule has 0 heterocycles. The third-order valence-corrected chi connectivity index (χ3v) is 3.33. The summed E-state index contributed by atoms with van der Waals surface area (Å²) in [6, 6.07) is 11.4. The van der Waals surface area contributed by atoms with Crippen molar-refractivity contribution in [2.24, 2.45) is 0 Å². The van der Waals surface area contributed by atoms with Crippen molar-refractivity contribution in [1.29, 1.82) is 0 Å². The van der Waals surface area contributed by atoms with Gasteiger partial charge in [-0.1, -0.05) is 27.5 Å². The predicted molar refractivity (Wildman–Crippen MR) is 84.9 cm³/mol. The van der Waals surface area contributed by atoms with Crippen LogP contribution in [-0.2, 0) is 4.79 Å². The first-order chi connectivity index (χ1) is 9.95. The van der Waals surface area contributed by atoms with Gasteiger partial charge in [0.2, 0.25) is 5.91 Å². The molecule has 0 aliphatic rings. The van der Waals surface area contributed by atoms with Gasteiger partial charge in [0.1, 0.15) is 5.75 Å². The Bertz CT molecular complexity index is 686. The highest BCUT2D eigenvalue weighted by Gasteiger charge is 2.11. The Morgan fingerprint density at radius 1 is 1.14 bits per heavy atom. The van der Waals surface area contributed by atoms with E-state index in [1.165, 1.54) is 6.92 Å². The summed E-state index contributed by atoms with van der Waals surface area (Å²) >= 11 is 9.26. The lowest BCUT2D eigenvalue weighted by Gasteiger charge is -2.07. The SMILES string of the molecule is CC(=O)Nc1ccc(C(=O)Oc2ccc(Br)cc2Cl)cc1. The summed E-state index contributed by atoms with van der Waals surface area (Å²) in [6.07, 6.45) is 0. The van der Waals surface area contributed by atoms with Crippen LogP contribution in [0.3, 0.4) is 0 Å². The molecule has 2 aromatic rings. The lowest BCUT2D eigenvalue weighted by Crippen LogP contribution is -2.10. The molecular formula is C15H11BrClNO3. The van der Waals surface area contributed by atoms with Crippen molar-refractivity contribution in [3.63, 3.8) is 0 Å². The van der Waals surface area contributed by atoms with Crippen molar-refractivity contribution in [3.05, 3.63) is 57.5 Å². The highest BCUT2D eigenvalue weighted by atomic mass is 79.9. The van der Waals surface area contributed by atoms with E-state index >= 15 is 0 Å². The van der Waals surface area contributed by atoms with Gasteiger partial charge in [-0.2, -0.15) is 0 Å². The van der Waals surface area contributed by atoms with Crippen LogP contribution in [0.4, 0.5) is 5.69 Å². The van der Waals surface area contributed by atoms with E-state index in [0.717, 1.165) is 4.47 Å². The quantitative estimate of drug-likeness (QED) is 0.650. The minimum atomic E-state index is -0.520. The highest BCUT2D eigenvalue weighted by molar-refractivity contribution is 9.10. The summed E-state index contributed by atoms with van der Waals surface area (Å²) in [5.74, 6) is -0.406. The van der Waals surface area contributed by atoms with Crippen LogP contribution in [0.15, 0.2) is 46.9 Å². The number of hydrogen-bond acceptors (Lipinski definition) is 3. The van der Waals surface area contributed by atoms with E-state index in [-0.39, 0.29) is 11.7 Å². The van der Waals surface area contributed by atoms with Crippen LogP contribution in [0.25, 0.3) is 0 Å². The zero-order chi connectivity index (χ0) is 15.4. The van der Waals surface area contributed by atoms with Crippen molar-refractivity contribution in [2.45, 2.75) is 6.92 Å². The van der Waals surface area contributed by atoms with Crippen LogP contribution < -0.4 is 10.1 Å². The van der Waals surface area contributed by atoms with Gasteiger partial charge in [-0.05, 0) is 42.5 Å². The zero-order valence-electron chi connectivity index (χ0n) is 11.0. The van der Waals surface area contributed by atoms with Crippen molar-refractivity contribution in [2.75, 3.05) is 5.32 Å². The van der Waals surface area contributed by atoms with E-state index in [9.17, 15) is 9.59 Å². The molecule has 2 rings (SSSR count). The van der Waals surface area contributed by atoms with Gasteiger partial charge in [-0.25, -0.2) is 4.79 Å². The molecular weight excluding hydrogens is 358 g/mol. The molecule has 0 radical (unpaired) electrons. The van der Waals surface area contributed by atoms with E-state index in [1.807, 2.05) is 0 Å². The minimum Gasteiger partial charge on any atom is -0.421 e. The topological polar surface area (TPSA) is 55.4 Å². The maximum absolute atomic E-state index is 12.0. The first-order valence-corrected chi connectivity index (χ1v) is 7.17. The van der Waals surface area contributed by atoms with E-state index in [2.05, 4.69) is 21.2 Å². The summed E-state index contributed by atoms with van der Waals surface area (Å²) in [4.78, 5) is 22.9. The number of carbonyl (C=O) groups excluding carboxylic acids is 2. The van der Waals surface area contributed by atoms with Gasteiger partial charge in [0.05, 0.1) is 10.6 Å². The summed E-state index contributed by atoms with van der Waals surface area (Å²) < 4.78 is 6.03. The second kappa shape index (κ2) is 6.74. The number of ether oxygens (including phenoxy) is 1. The number of amides is 1. The first kappa shape index (κ1) is 15.5. The Kier molecular flexibility index (Phi) is 4.98. The second-order valence-corrected chi connectivity index (χ2v) is 5.55. The maximum atomic E-state index is 12.0. The first-order valence-electron chi connectivity index (χ1n) is 6.00. The van der Waals surface area contributed by atoms with Gasteiger partial charge in [-0.15, -0.1) is 0 Å². The average molecular weight is 369 g/mol. The van der Waals surface area contributed by atoms with Crippen molar-refractivity contribution < 1.29 is 14.3 Å². The number of hydrogen-bond donors (Lipinski definition) is 1. The Morgan fingerprint density at radius 3 is 2.38 bits per heavy atom. The number of nitrogens with one attached hydrogen (secondary N) is 1. The molecule has 0 bridgehead atoms. The molecule has 0 saturated carbocycles. The number of halogens is 2. The second-order valence-electron chi connectivity index (χ2n) is 4.22. The van der Waals surface area contributed by atoms with E-state index in [0.29, 0.717) is 16.3 Å². The fraction of sp³-hybridized carbons (Fsp3) is 0.0667. The number of anilines is 1. The lowest BCUT2D eigenvalue weighted by atomic mass is 10.2. The summed E-state index contributed by atoms with van der Waals surface area (Å²) in [6.45, 7) is 1.41. The third-order valence-electron chi connectivity index (χ3n) is 2.54. The van der Waals surface area contributed by atoms with Gasteiger partial charge in [-0.3, -0.25) is 4.79 Å². The van der Waals surface area contributed by atoms with Crippen molar-refractivity contribution in [3.8, 4) is 5.75 Å². The van der Waals surface area contributed by atoms with Gasteiger partial charge in [0, 0.05) is 17.1 Å². The third kappa shape index (κ3) is 4.31. The smallest absolute Gasteiger partial charge is 0.343 e. The van der Waals surface area contributed by atoms with Crippen LogP contribution in [0.5, 0.6) is 5.75 Å². The molecule has 0 aliphatic heterocycles. The van der Waals surface area contributed by atoms with Gasteiger partial charge < -0.3 is 10.1 Å². The van der Waals surface area contributed by atoms with Crippen molar-refractivity contribution in [1.82, 2.24) is 0 Å². The number of esters is 1. The molecule has 0 spiro atoms. The average Bonchev–Trinajstić information content (AvgIpc) is 2.42. The molecule has 0 atom stereocenters. The van der Waals surface area contributed by atoms with Gasteiger partial charge in [0.15, 0.2) is 0 Å². The Balaban J connectivity index is 2.11. The van der Waals surface area contributed by atoms with Crippen LogP contribution in [0, 0.1) is 0 Å². The Labute approximate surface area is 135 Å². The van der Waals surface area contributed by atoms with E-state index < -0.39 is 5.97 Å². The number of carbonyl (C=O) groups is 2. The van der Waals surface area contributed by atoms with Crippen LogP contribution in [0.2, 0.25) is 5.02 Å². The Hall–Kier alpha value is -1.85. The largest absolute Gasteiger partial charge is 0.421 e. The normalized spacial score (nSPS) is 10.0. The molecule has 0 saturated heterocycles. The molecule has 1 N–H and O–H groups in total. The monoisotopic (exact) mass is 367 g/mol. The van der Waals surface area contributed by atoms with E-state index in [4.69, 9.17) is 16.3 Å². The van der Waals surface area contributed by atoms with Gasteiger partial charge >= 0.3 is 5.97 Å². The van der Waals surface area contributed by atoms with E-state index in [1.54, 1.807) is 42.5 Å². The molecule has 1 amide bonds. The fourth-order valence-corrected chi connectivity index (χ4v) is 2.32. The molecule has 21 heavy (non-hydrogen) atoms. The predicted octanol–water partition coefficient (Wildman–Crippen LogP) is 4.28. The molecule has 0 aliphatic carbocycles. The molecule has 0 aromatic heterocycles. The molecule has 0 fully saturated rings. The minimum absolute atomic E-state index is 0.174. The molecule has 6 heteroatoms. The number of benzene rings is 2. The summed E-state index contributed by atoms with van der Waals surface area (Å²) in [5, 5.41) is 2.96. The zero-order valence-corrected chi connectivity index (χ0v) is 13.4. The summed E-state index contributed by atoms with van der Waals surface area (Å²) in [7, 11) is 0. The fourth-order valence-electron chi connectivity index (χ4n) is 1.61. The molecule has 2 aromatic carbocycles. The Morgan fingerprint density at radius 2 is 1.81 bits per heavy atom. The highest BCUT2D eigenvalue weighted by Crippen LogP contribution is 2.28. The van der Waals surface area contributed by atoms with Crippen LogP contribution in [0.1, 0.15) is 17.3 Å². The molecule has 4 nitrogen and oxygen atoms in total. The maximum Gasteiger partial charge on any atom is 0.343 e. The number of rotatable bonds is 3. The molecule has 108 valence electrons. The van der Waals surface area contributed by atoms with Crippen molar-refractivity contribution >= 4 is 45.1 Å². The standard InChI is InChI=1S/C15H11BrClNO3/c1-9(19)18-12-5-2-10(3-6-12)15(20)21-14-7-4-11(16)8-13(14)17/h2-8H,1H3,(H,18,19).